The number of carbonyl (C=O) groups excluding carboxylic acids is 1. The highest BCUT2D eigenvalue weighted by Gasteiger charge is 2.15. The molecule has 0 saturated heterocycles. The number of sulfonamides is 1. The number of rotatable bonds is 5. The van der Waals surface area contributed by atoms with Gasteiger partial charge in [0.25, 0.3) is 15.9 Å². The molecule has 28 heavy (non-hydrogen) atoms. The highest BCUT2D eigenvalue weighted by atomic mass is 32.2. The van der Waals surface area contributed by atoms with Gasteiger partial charge in [0, 0.05) is 16.9 Å². The maximum Gasteiger partial charge on any atom is 0.261 e. The van der Waals surface area contributed by atoms with Crippen LogP contribution < -0.4 is 10.0 Å². The summed E-state index contributed by atoms with van der Waals surface area (Å²) in [5, 5.41) is 2.77. The molecular weight excluding hydrogens is 372 g/mol. The summed E-state index contributed by atoms with van der Waals surface area (Å²) < 4.78 is 27.8. The van der Waals surface area contributed by atoms with Gasteiger partial charge in [-0.25, -0.2) is 8.42 Å². The predicted molar refractivity (Wildman–Crippen MR) is 112 cm³/mol. The summed E-state index contributed by atoms with van der Waals surface area (Å²) in [6.07, 6.45) is 0. The van der Waals surface area contributed by atoms with E-state index in [0.29, 0.717) is 16.9 Å². The minimum absolute atomic E-state index is 0.125. The molecule has 0 heterocycles. The zero-order valence-corrected chi connectivity index (χ0v) is 16.8. The zero-order chi connectivity index (χ0) is 20.3. The van der Waals surface area contributed by atoms with Crippen LogP contribution >= 0.6 is 0 Å². The Bertz CT molecular complexity index is 1100. The van der Waals surface area contributed by atoms with Crippen LogP contribution in [0.25, 0.3) is 0 Å². The Morgan fingerprint density at radius 3 is 2.00 bits per heavy atom. The molecule has 6 heteroatoms. The van der Waals surface area contributed by atoms with E-state index < -0.39 is 10.0 Å². The smallest absolute Gasteiger partial charge is 0.261 e. The molecule has 0 aliphatic heterocycles. The first-order valence-corrected chi connectivity index (χ1v) is 10.3. The lowest BCUT2D eigenvalue weighted by Crippen LogP contribution is -2.14. The summed E-state index contributed by atoms with van der Waals surface area (Å²) in [6, 6.07) is 18.9. The van der Waals surface area contributed by atoms with Gasteiger partial charge >= 0.3 is 0 Å². The van der Waals surface area contributed by atoms with Crippen LogP contribution in [0, 0.1) is 20.8 Å². The molecule has 3 aromatic carbocycles. The highest BCUT2D eigenvalue weighted by molar-refractivity contribution is 7.92. The van der Waals surface area contributed by atoms with Crippen LogP contribution in [0.15, 0.2) is 71.6 Å². The zero-order valence-electron chi connectivity index (χ0n) is 16.0. The van der Waals surface area contributed by atoms with Crippen molar-refractivity contribution in [2.24, 2.45) is 0 Å². The molecule has 0 aliphatic rings. The van der Waals surface area contributed by atoms with Crippen LogP contribution in [0.2, 0.25) is 0 Å². The van der Waals surface area contributed by atoms with Crippen molar-refractivity contribution in [3.05, 3.63) is 89.0 Å². The van der Waals surface area contributed by atoms with Gasteiger partial charge in [0.15, 0.2) is 0 Å². The first-order valence-electron chi connectivity index (χ1n) is 8.82. The van der Waals surface area contributed by atoms with E-state index in [1.165, 1.54) is 12.1 Å². The van der Waals surface area contributed by atoms with Crippen molar-refractivity contribution in [3.8, 4) is 0 Å². The molecule has 3 rings (SSSR count). The fourth-order valence-electron chi connectivity index (χ4n) is 2.95. The van der Waals surface area contributed by atoms with Gasteiger partial charge in [0.1, 0.15) is 0 Å². The van der Waals surface area contributed by atoms with Gasteiger partial charge in [-0.3, -0.25) is 9.52 Å². The summed E-state index contributed by atoms with van der Waals surface area (Å²) in [5.41, 5.74) is 4.55. The summed E-state index contributed by atoms with van der Waals surface area (Å²) in [7, 11) is -3.71. The lowest BCUT2D eigenvalue weighted by Gasteiger charge is -2.11. The Kier molecular flexibility index (Phi) is 5.51. The molecule has 2 N–H and O–H groups in total. The summed E-state index contributed by atoms with van der Waals surface area (Å²) in [6.45, 7) is 5.74. The second kappa shape index (κ2) is 7.86. The molecular formula is C22H22N2O3S. The Hall–Kier alpha value is -3.12. The Morgan fingerprint density at radius 1 is 0.750 bits per heavy atom. The van der Waals surface area contributed by atoms with Gasteiger partial charge in [0.2, 0.25) is 0 Å². The van der Waals surface area contributed by atoms with E-state index >= 15 is 0 Å². The molecule has 1 amide bonds. The molecule has 0 fully saturated rings. The number of benzene rings is 3. The third-order valence-electron chi connectivity index (χ3n) is 4.18. The third kappa shape index (κ3) is 4.78. The van der Waals surface area contributed by atoms with Crippen LogP contribution in [0.5, 0.6) is 0 Å². The minimum atomic E-state index is -3.71. The van der Waals surface area contributed by atoms with Crippen LogP contribution in [0.3, 0.4) is 0 Å². The number of hydrogen-bond donors (Lipinski definition) is 2. The third-order valence-corrected chi connectivity index (χ3v) is 5.57. The van der Waals surface area contributed by atoms with Gasteiger partial charge in [-0.1, -0.05) is 23.8 Å². The average molecular weight is 394 g/mol. The lowest BCUT2D eigenvalue weighted by atomic mass is 10.1. The van der Waals surface area contributed by atoms with E-state index in [2.05, 4.69) is 10.0 Å². The molecule has 0 atom stereocenters. The quantitative estimate of drug-likeness (QED) is 0.661. The molecule has 0 aliphatic carbocycles. The van der Waals surface area contributed by atoms with Crippen molar-refractivity contribution < 1.29 is 13.2 Å². The normalized spacial score (nSPS) is 11.1. The van der Waals surface area contributed by atoms with Crippen molar-refractivity contribution in [1.82, 2.24) is 0 Å². The first-order chi connectivity index (χ1) is 13.2. The Balaban J connectivity index is 1.75. The van der Waals surface area contributed by atoms with E-state index in [4.69, 9.17) is 0 Å². The molecule has 0 radical (unpaired) electrons. The molecule has 0 bridgehead atoms. The summed E-state index contributed by atoms with van der Waals surface area (Å²) >= 11 is 0. The van der Waals surface area contributed by atoms with Gasteiger partial charge in [-0.05, 0) is 80.4 Å². The van der Waals surface area contributed by atoms with E-state index in [9.17, 15) is 13.2 Å². The van der Waals surface area contributed by atoms with Gasteiger partial charge in [0.05, 0.1) is 4.90 Å². The Labute approximate surface area is 165 Å². The van der Waals surface area contributed by atoms with E-state index in [0.717, 1.165) is 16.7 Å². The molecule has 0 aromatic heterocycles. The molecule has 3 aromatic rings. The van der Waals surface area contributed by atoms with Gasteiger partial charge < -0.3 is 5.32 Å². The van der Waals surface area contributed by atoms with Crippen LogP contribution in [-0.4, -0.2) is 14.3 Å². The number of nitrogens with one attached hydrogen (secondary N) is 2. The molecule has 0 spiro atoms. The fraction of sp³-hybridized carbons (Fsp3) is 0.136. The van der Waals surface area contributed by atoms with Gasteiger partial charge in [-0.2, -0.15) is 0 Å². The van der Waals surface area contributed by atoms with Gasteiger partial charge in [-0.15, -0.1) is 0 Å². The van der Waals surface area contributed by atoms with Crippen LogP contribution in [0.4, 0.5) is 11.4 Å². The predicted octanol–water partition coefficient (Wildman–Crippen LogP) is 4.66. The largest absolute Gasteiger partial charge is 0.322 e. The second-order valence-corrected chi connectivity index (χ2v) is 8.51. The molecule has 0 unspecified atom stereocenters. The number of aryl methyl sites for hydroxylation is 3. The average Bonchev–Trinajstić information content (AvgIpc) is 2.61. The lowest BCUT2D eigenvalue weighted by molar-refractivity contribution is 0.102. The van der Waals surface area contributed by atoms with Crippen molar-refractivity contribution in [2.75, 3.05) is 10.0 Å². The van der Waals surface area contributed by atoms with Crippen molar-refractivity contribution >= 4 is 27.3 Å². The van der Waals surface area contributed by atoms with Crippen LogP contribution in [0.1, 0.15) is 27.0 Å². The Morgan fingerprint density at radius 2 is 1.39 bits per heavy atom. The number of anilines is 2. The fourth-order valence-corrected chi connectivity index (χ4v) is 4.00. The second-order valence-electron chi connectivity index (χ2n) is 6.83. The van der Waals surface area contributed by atoms with E-state index in [1.807, 2.05) is 39.0 Å². The van der Waals surface area contributed by atoms with Crippen molar-refractivity contribution in [1.29, 1.82) is 0 Å². The van der Waals surface area contributed by atoms with Crippen molar-refractivity contribution in [2.45, 2.75) is 25.7 Å². The topological polar surface area (TPSA) is 75.3 Å². The summed E-state index contributed by atoms with van der Waals surface area (Å²) in [4.78, 5) is 12.4. The first kappa shape index (κ1) is 19.6. The maximum atomic E-state index is 12.6. The number of hydrogen-bond acceptors (Lipinski definition) is 3. The summed E-state index contributed by atoms with van der Waals surface area (Å²) in [5.74, 6) is -0.243. The molecule has 144 valence electrons. The molecule has 0 saturated carbocycles. The minimum Gasteiger partial charge on any atom is -0.322 e. The van der Waals surface area contributed by atoms with Crippen LogP contribution in [-0.2, 0) is 10.0 Å². The van der Waals surface area contributed by atoms with E-state index in [-0.39, 0.29) is 10.8 Å². The molecule has 5 nitrogen and oxygen atoms in total. The maximum absolute atomic E-state index is 12.6. The SMILES string of the molecule is Cc1cc(C)cc(NS(=O)(=O)c2ccc(NC(=O)c3cccc(C)c3)cc2)c1. The van der Waals surface area contributed by atoms with E-state index in [1.54, 1.807) is 36.4 Å². The van der Waals surface area contributed by atoms with Crippen molar-refractivity contribution in [3.63, 3.8) is 0 Å². The highest BCUT2D eigenvalue weighted by Crippen LogP contribution is 2.20. The number of amides is 1. The number of carbonyl (C=O) groups is 1. The monoisotopic (exact) mass is 394 g/mol. The standard InChI is InChI=1S/C22H22N2O3S/c1-15-5-4-6-18(12-15)22(25)23-19-7-9-21(10-8-19)28(26,27)24-20-13-16(2)11-17(3)14-20/h4-14,24H,1-3H3,(H,23,25).